The summed E-state index contributed by atoms with van der Waals surface area (Å²) in [7, 11) is 3.27. The fraction of sp³-hybridized carbons (Fsp3) is 0.273. The maximum Gasteiger partial charge on any atom is 0.416 e. The summed E-state index contributed by atoms with van der Waals surface area (Å²) in [6.45, 7) is 0. The van der Waals surface area contributed by atoms with Gasteiger partial charge < -0.3 is 5.32 Å². The molecule has 2 aromatic rings. The van der Waals surface area contributed by atoms with Crippen molar-refractivity contribution in [2.24, 2.45) is 7.05 Å². The summed E-state index contributed by atoms with van der Waals surface area (Å²) >= 11 is 1.13. The lowest BCUT2D eigenvalue weighted by atomic mass is 10.2. The van der Waals surface area contributed by atoms with Gasteiger partial charge >= 0.3 is 6.18 Å². The molecule has 0 fully saturated rings. The third-order valence-electron chi connectivity index (χ3n) is 2.29. The van der Waals surface area contributed by atoms with Crippen LogP contribution in [0.2, 0.25) is 0 Å². The van der Waals surface area contributed by atoms with E-state index in [4.69, 9.17) is 0 Å². The van der Waals surface area contributed by atoms with Crippen LogP contribution in [0.25, 0.3) is 0 Å². The van der Waals surface area contributed by atoms with Gasteiger partial charge in [0.1, 0.15) is 10.8 Å². The lowest BCUT2D eigenvalue weighted by Gasteiger charge is -2.10. The Morgan fingerprint density at radius 3 is 2.58 bits per heavy atom. The third kappa shape index (κ3) is 3.40. The van der Waals surface area contributed by atoms with E-state index in [-0.39, 0.29) is 10.8 Å². The SMILES string of the molecule is CNc1cc(C(F)(F)F)cc(Sc2cnn(C)c2)n1. The molecule has 0 saturated heterocycles. The van der Waals surface area contributed by atoms with E-state index in [0.29, 0.717) is 0 Å². The third-order valence-corrected chi connectivity index (χ3v) is 3.15. The van der Waals surface area contributed by atoms with E-state index in [1.54, 1.807) is 24.1 Å². The molecule has 2 heterocycles. The van der Waals surface area contributed by atoms with Gasteiger partial charge in [-0.2, -0.15) is 18.3 Å². The van der Waals surface area contributed by atoms with E-state index in [2.05, 4.69) is 15.4 Å². The van der Waals surface area contributed by atoms with Crippen LogP contribution < -0.4 is 5.32 Å². The molecule has 2 rings (SSSR count). The molecule has 0 saturated carbocycles. The molecule has 19 heavy (non-hydrogen) atoms. The minimum absolute atomic E-state index is 0.182. The molecule has 0 radical (unpaired) electrons. The highest BCUT2D eigenvalue weighted by Crippen LogP contribution is 2.34. The Balaban J connectivity index is 2.34. The smallest absolute Gasteiger partial charge is 0.373 e. The van der Waals surface area contributed by atoms with Gasteiger partial charge in [-0.3, -0.25) is 4.68 Å². The van der Waals surface area contributed by atoms with Crippen LogP contribution in [-0.4, -0.2) is 21.8 Å². The first kappa shape index (κ1) is 13.7. The summed E-state index contributed by atoms with van der Waals surface area (Å²) in [5, 5.41) is 6.85. The minimum atomic E-state index is -4.39. The Morgan fingerprint density at radius 2 is 2.05 bits per heavy atom. The number of hydrogen-bond donors (Lipinski definition) is 1. The first-order valence-electron chi connectivity index (χ1n) is 5.32. The topological polar surface area (TPSA) is 42.7 Å². The monoisotopic (exact) mass is 288 g/mol. The van der Waals surface area contributed by atoms with Crippen LogP contribution in [0.15, 0.2) is 34.4 Å². The molecule has 0 bridgehead atoms. The van der Waals surface area contributed by atoms with Gasteiger partial charge in [0.15, 0.2) is 0 Å². The van der Waals surface area contributed by atoms with Crippen molar-refractivity contribution in [3.8, 4) is 0 Å². The molecule has 0 aliphatic carbocycles. The van der Waals surface area contributed by atoms with Crippen molar-refractivity contribution in [2.45, 2.75) is 16.1 Å². The molecule has 0 amide bonds. The van der Waals surface area contributed by atoms with Gasteiger partial charge in [-0.1, -0.05) is 11.8 Å². The second kappa shape index (κ2) is 5.12. The maximum absolute atomic E-state index is 12.7. The fourth-order valence-corrected chi connectivity index (χ4v) is 2.30. The zero-order chi connectivity index (χ0) is 14.0. The summed E-state index contributed by atoms with van der Waals surface area (Å²) < 4.78 is 39.8. The van der Waals surface area contributed by atoms with E-state index in [1.807, 2.05) is 0 Å². The number of nitrogens with zero attached hydrogens (tertiary/aromatic N) is 3. The quantitative estimate of drug-likeness (QED) is 0.942. The number of anilines is 1. The van der Waals surface area contributed by atoms with Crippen LogP contribution in [0.3, 0.4) is 0 Å². The van der Waals surface area contributed by atoms with Gasteiger partial charge in [-0.25, -0.2) is 4.98 Å². The fourth-order valence-electron chi connectivity index (χ4n) is 1.42. The zero-order valence-electron chi connectivity index (χ0n) is 10.2. The Kier molecular flexibility index (Phi) is 3.70. The highest BCUT2D eigenvalue weighted by molar-refractivity contribution is 7.99. The molecular formula is C11H11F3N4S. The number of rotatable bonds is 3. The van der Waals surface area contributed by atoms with Crippen LogP contribution in [0.5, 0.6) is 0 Å². The van der Waals surface area contributed by atoms with Crippen molar-refractivity contribution in [2.75, 3.05) is 12.4 Å². The Morgan fingerprint density at radius 1 is 1.32 bits per heavy atom. The van der Waals surface area contributed by atoms with Crippen LogP contribution in [0.4, 0.5) is 19.0 Å². The number of halogens is 3. The van der Waals surface area contributed by atoms with Crippen LogP contribution in [-0.2, 0) is 13.2 Å². The van der Waals surface area contributed by atoms with Gasteiger partial charge in [0.2, 0.25) is 0 Å². The highest BCUT2D eigenvalue weighted by Gasteiger charge is 2.31. The van der Waals surface area contributed by atoms with Gasteiger partial charge in [0, 0.05) is 20.3 Å². The number of hydrogen-bond acceptors (Lipinski definition) is 4. The van der Waals surface area contributed by atoms with Gasteiger partial charge in [-0.05, 0) is 12.1 Å². The second-order valence-electron chi connectivity index (χ2n) is 3.78. The van der Waals surface area contributed by atoms with Crippen molar-refractivity contribution in [3.63, 3.8) is 0 Å². The number of pyridine rings is 1. The molecule has 8 heteroatoms. The zero-order valence-corrected chi connectivity index (χ0v) is 11.0. The predicted octanol–water partition coefficient (Wildman–Crippen LogP) is 3.03. The van der Waals surface area contributed by atoms with Crippen molar-refractivity contribution in [1.82, 2.24) is 14.8 Å². The standard InChI is InChI=1S/C11H11F3N4S/c1-15-9-3-7(11(12,13)14)4-10(17-9)19-8-5-16-18(2)6-8/h3-6H,1-2H3,(H,15,17). The molecule has 2 aromatic heterocycles. The van der Waals surface area contributed by atoms with Crippen molar-refractivity contribution in [3.05, 3.63) is 30.1 Å². The lowest BCUT2D eigenvalue weighted by Crippen LogP contribution is -2.07. The van der Waals surface area contributed by atoms with Crippen LogP contribution >= 0.6 is 11.8 Å². The molecular weight excluding hydrogens is 277 g/mol. The molecule has 0 aliphatic rings. The average molecular weight is 288 g/mol. The number of nitrogens with one attached hydrogen (secondary N) is 1. The first-order valence-corrected chi connectivity index (χ1v) is 6.13. The molecule has 0 spiro atoms. The van der Waals surface area contributed by atoms with Crippen LogP contribution in [0.1, 0.15) is 5.56 Å². The lowest BCUT2D eigenvalue weighted by molar-refractivity contribution is -0.137. The summed E-state index contributed by atoms with van der Waals surface area (Å²) in [6.07, 6.45) is -1.10. The van der Waals surface area contributed by atoms with Crippen LogP contribution in [0, 0.1) is 0 Å². The van der Waals surface area contributed by atoms with E-state index >= 15 is 0 Å². The van der Waals surface area contributed by atoms with Crippen molar-refractivity contribution >= 4 is 17.6 Å². The molecule has 0 aliphatic heterocycles. The molecule has 102 valence electrons. The number of alkyl halides is 3. The molecule has 1 N–H and O–H groups in total. The largest absolute Gasteiger partial charge is 0.416 e. The summed E-state index contributed by atoms with van der Waals surface area (Å²) in [6, 6.07) is 2.01. The van der Waals surface area contributed by atoms with E-state index in [9.17, 15) is 13.2 Å². The summed E-state index contributed by atoms with van der Waals surface area (Å²) in [5.74, 6) is 0.182. The van der Waals surface area contributed by atoms with Crippen molar-refractivity contribution in [1.29, 1.82) is 0 Å². The number of aromatic nitrogens is 3. The van der Waals surface area contributed by atoms with Gasteiger partial charge in [0.25, 0.3) is 0 Å². The number of aryl methyl sites for hydroxylation is 1. The van der Waals surface area contributed by atoms with E-state index in [1.165, 1.54) is 7.05 Å². The van der Waals surface area contributed by atoms with E-state index < -0.39 is 11.7 Å². The summed E-state index contributed by atoms with van der Waals surface area (Å²) in [5.41, 5.74) is -0.724. The second-order valence-corrected chi connectivity index (χ2v) is 4.87. The molecule has 4 nitrogen and oxygen atoms in total. The molecule has 0 atom stereocenters. The van der Waals surface area contributed by atoms with Gasteiger partial charge in [-0.15, -0.1) is 0 Å². The van der Waals surface area contributed by atoms with Crippen molar-refractivity contribution < 1.29 is 13.2 Å². The summed E-state index contributed by atoms with van der Waals surface area (Å²) in [4.78, 5) is 4.82. The maximum atomic E-state index is 12.7. The minimum Gasteiger partial charge on any atom is -0.373 e. The van der Waals surface area contributed by atoms with Gasteiger partial charge in [0.05, 0.1) is 16.7 Å². The highest BCUT2D eigenvalue weighted by atomic mass is 32.2. The van der Waals surface area contributed by atoms with E-state index in [0.717, 1.165) is 28.8 Å². The first-order chi connectivity index (χ1) is 8.88. The Labute approximate surface area is 112 Å². The Bertz CT molecular complexity index is 580. The Hall–Kier alpha value is -1.70. The normalized spacial score (nSPS) is 11.6. The molecule has 0 aromatic carbocycles. The molecule has 0 unspecified atom stereocenters. The predicted molar refractivity (Wildman–Crippen MR) is 66.1 cm³/mol. The average Bonchev–Trinajstić information content (AvgIpc) is 2.73.